The molecule has 2 amide bonds. The van der Waals surface area contributed by atoms with Gasteiger partial charge in [-0.15, -0.1) is 0 Å². The second kappa shape index (κ2) is 6.49. The summed E-state index contributed by atoms with van der Waals surface area (Å²) in [6.07, 6.45) is 4.63. The predicted molar refractivity (Wildman–Crippen MR) is 88.6 cm³/mol. The molecule has 1 heterocycles. The molecule has 126 valence electrons. The van der Waals surface area contributed by atoms with Gasteiger partial charge in [0.15, 0.2) is 0 Å². The Labute approximate surface area is 137 Å². The van der Waals surface area contributed by atoms with Crippen molar-refractivity contribution in [3.63, 3.8) is 0 Å². The van der Waals surface area contributed by atoms with Crippen LogP contribution in [0.25, 0.3) is 0 Å². The van der Waals surface area contributed by atoms with Crippen LogP contribution >= 0.6 is 0 Å². The third-order valence-electron chi connectivity index (χ3n) is 4.52. The molecule has 0 bridgehead atoms. The van der Waals surface area contributed by atoms with E-state index in [2.05, 4.69) is 22.2 Å². The Morgan fingerprint density at radius 1 is 1.26 bits per heavy atom. The van der Waals surface area contributed by atoms with Gasteiger partial charge in [0.25, 0.3) is 0 Å². The van der Waals surface area contributed by atoms with E-state index in [0.717, 1.165) is 31.9 Å². The van der Waals surface area contributed by atoms with Gasteiger partial charge in [0.1, 0.15) is 0 Å². The molecule has 1 aromatic rings. The molecule has 1 fully saturated rings. The minimum atomic E-state index is -3.24. The molecule has 0 unspecified atom stereocenters. The molecular weight excluding hydrogens is 314 g/mol. The number of aryl methyl sites for hydroxylation is 1. The van der Waals surface area contributed by atoms with Crippen LogP contribution in [-0.4, -0.2) is 44.7 Å². The molecule has 1 saturated heterocycles. The lowest BCUT2D eigenvalue weighted by molar-refractivity contribution is 0.173. The van der Waals surface area contributed by atoms with Crippen LogP contribution in [0.15, 0.2) is 24.3 Å². The number of carbonyl (C=O) groups excluding carboxylic acids is 1. The molecule has 2 atom stereocenters. The number of hydrogen-bond donors (Lipinski definition) is 2. The van der Waals surface area contributed by atoms with Crippen LogP contribution in [0.4, 0.5) is 4.79 Å². The third-order valence-corrected chi connectivity index (χ3v) is 5.28. The number of fused-ring (bicyclic) bond motifs is 1. The SMILES string of the molecule is CS(=O)(=O)N[C@H]1CCCN(C(=O)N[C@@H]2CCc3ccccc32)C1. The zero-order chi connectivity index (χ0) is 16.4. The van der Waals surface area contributed by atoms with Crippen molar-refractivity contribution in [3.05, 3.63) is 35.4 Å². The number of piperidine rings is 1. The van der Waals surface area contributed by atoms with Crippen molar-refractivity contribution in [3.8, 4) is 0 Å². The molecular formula is C16H23N3O3S. The van der Waals surface area contributed by atoms with Crippen molar-refractivity contribution in [2.75, 3.05) is 19.3 Å². The lowest BCUT2D eigenvalue weighted by atomic mass is 10.1. The van der Waals surface area contributed by atoms with Crippen LogP contribution in [0, 0.1) is 0 Å². The summed E-state index contributed by atoms with van der Waals surface area (Å²) in [6, 6.07) is 7.95. The Hall–Kier alpha value is -1.60. The molecule has 7 heteroatoms. The maximum atomic E-state index is 12.5. The van der Waals surface area contributed by atoms with Crippen molar-refractivity contribution in [1.29, 1.82) is 0 Å². The van der Waals surface area contributed by atoms with Crippen LogP contribution in [0.1, 0.15) is 36.4 Å². The van der Waals surface area contributed by atoms with E-state index in [9.17, 15) is 13.2 Å². The van der Waals surface area contributed by atoms with Gasteiger partial charge >= 0.3 is 6.03 Å². The minimum absolute atomic E-state index is 0.0574. The van der Waals surface area contributed by atoms with Gasteiger partial charge in [-0.2, -0.15) is 0 Å². The molecule has 2 aliphatic rings. The molecule has 0 saturated carbocycles. The van der Waals surface area contributed by atoms with Gasteiger partial charge in [-0.1, -0.05) is 24.3 Å². The summed E-state index contributed by atoms with van der Waals surface area (Å²) in [5.41, 5.74) is 2.50. The van der Waals surface area contributed by atoms with Crippen LogP contribution in [0.2, 0.25) is 0 Å². The highest BCUT2D eigenvalue weighted by atomic mass is 32.2. The normalized spacial score (nSPS) is 24.3. The largest absolute Gasteiger partial charge is 0.331 e. The second-order valence-corrected chi connectivity index (χ2v) is 8.19. The zero-order valence-electron chi connectivity index (χ0n) is 13.3. The van der Waals surface area contributed by atoms with E-state index in [1.54, 1.807) is 4.90 Å². The molecule has 3 rings (SSSR count). The predicted octanol–water partition coefficient (Wildman–Crippen LogP) is 1.40. The fraction of sp³-hybridized carbons (Fsp3) is 0.562. The maximum absolute atomic E-state index is 12.5. The average Bonchev–Trinajstić information content (AvgIpc) is 2.89. The van der Waals surface area contributed by atoms with Crippen molar-refractivity contribution < 1.29 is 13.2 Å². The highest BCUT2D eigenvalue weighted by Gasteiger charge is 2.29. The van der Waals surface area contributed by atoms with E-state index in [-0.39, 0.29) is 18.1 Å². The Morgan fingerprint density at radius 2 is 2.04 bits per heavy atom. The van der Waals surface area contributed by atoms with Crippen molar-refractivity contribution >= 4 is 16.1 Å². The zero-order valence-corrected chi connectivity index (χ0v) is 14.1. The first-order chi connectivity index (χ1) is 10.9. The van der Waals surface area contributed by atoms with Gasteiger partial charge in [-0.05, 0) is 36.8 Å². The van der Waals surface area contributed by atoms with Crippen molar-refractivity contribution in [1.82, 2.24) is 14.9 Å². The Balaban J connectivity index is 1.60. The molecule has 2 N–H and O–H groups in total. The number of carbonyl (C=O) groups is 1. The van der Waals surface area contributed by atoms with E-state index < -0.39 is 10.0 Å². The summed E-state index contributed by atoms with van der Waals surface area (Å²) < 4.78 is 25.3. The van der Waals surface area contributed by atoms with E-state index >= 15 is 0 Å². The lowest BCUT2D eigenvalue weighted by Crippen LogP contribution is -2.52. The second-order valence-electron chi connectivity index (χ2n) is 6.41. The molecule has 0 aromatic heterocycles. The molecule has 1 aromatic carbocycles. The number of benzene rings is 1. The Kier molecular flexibility index (Phi) is 4.59. The van der Waals surface area contributed by atoms with E-state index in [0.29, 0.717) is 13.1 Å². The lowest BCUT2D eigenvalue weighted by Gasteiger charge is -2.33. The summed E-state index contributed by atoms with van der Waals surface area (Å²) in [5, 5.41) is 3.10. The first kappa shape index (κ1) is 16.3. The van der Waals surface area contributed by atoms with Crippen molar-refractivity contribution in [2.45, 2.75) is 37.8 Å². The standard InChI is InChI=1S/C16H23N3O3S/c1-23(21,22)18-13-6-4-10-19(11-13)16(20)17-15-9-8-12-5-2-3-7-14(12)15/h2-3,5,7,13,15,18H,4,6,8-11H2,1H3,(H,17,20)/t13-,15+/m0/s1. The van der Waals surface area contributed by atoms with Gasteiger partial charge in [0.05, 0.1) is 12.3 Å². The minimum Gasteiger partial charge on any atom is -0.331 e. The number of hydrogen-bond acceptors (Lipinski definition) is 3. The maximum Gasteiger partial charge on any atom is 0.317 e. The smallest absolute Gasteiger partial charge is 0.317 e. The van der Waals surface area contributed by atoms with Crippen molar-refractivity contribution in [2.24, 2.45) is 0 Å². The quantitative estimate of drug-likeness (QED) is 0.875. The fourth-order valence-electron chi connectivity index (χ4n) is 3.51. The van der Waals surface area contributed by atoms with Crippen LogP contribution in [-0.2, 0) is 16.4 Å². The number of sulfonamides is 1. The van der Waals surface area contributed by atoms with Crippen LogP contribution in [0.3, 0.4) is 0 Å². The molecule has 0 spiro atoms. The average molecular weight is 337 g/mol. The van der Waals surface area contributed by atoms with Gasteiger partial charge in [0, 0.05) is 19.1 Å². The molecule has 1 aliphatic carbocycles. The Bertz CT molecular complexity index is 690. The molecule has 0 radical (unpaired) electrons. The van der Waals surface area contributed by atoms with Crippen LogP contribution < -0.4 is 10.0 Å². The number of nitrogens with one attached hydrogen (secondary N) is 2. The highest BCUT2D eigenvalue weighted by Crippen LogP contribution is 2.30. The highest BCUT2D eigenvalue weighted by molar-refractivity contribution is 7.88. The fourth-order valence-corrected chi connectivity index (χ4v) is 4.31. The number of rotatable bonds is 3. The van der Waals surface area contributed by atoms with Gasteiger partial charge in [-0.25, -0.2) is 17.9 Å². The molecule has 1 aliphatic heterocycles. The van der Waals surface area contributed by atoms with Gasteiger partial charge < -0.3 is 10.2 Å². The third kappa shape index (κ3) is 4.03. The summed E-state index contributed by atoms with van der Waals surface area (Å²) in [7, 11) is -3.24. The van der Waals surface area contributed by atoms with Crippen LogP contribution in [0.5, 0.6) is 0 Å². The summed E-state index contributed by atoms with van der Waals surface area (Å²) in [4.78, 5) is 14.2. The molecule has 6 nitrogen and oxygen atoms in total. The summed E-state index contributed by atoms with van der Waals surface area (Å²) in [5.74, 6) is 0. The number of amides is 2. The summed E-state index contributed by atoms with van der Waals surface area (Å²) >= 11 is 0. The monoisotopic (exact) mass is 337 g/mol. The molecule has 23 heavy (non-hydrogen) atoms. The number of likely N-dealkylation sites (tertiary alicyclic amines) is 1. The first-order valence-electron chi connectivity index (χ1n) is 8.03. The Morgan fingerprint density at radius 3 is 2.83 bits per heavy atom. The number of urea groups is 1. The topological polar surface area (TPSA) is 78.5 Å². The van der Waals surface area contributed by atoms with E-state index in [1.807, 2.05) is 12.1 Å². The summed E-state index contributed by atoms with van der Waals surface area (Å²) in [6.45, 7) is 1.09. The first-order valence-corrected chi connectivity index (χ1v) is 9.92. The number of nitrogens with zero attached hydrogens (tertiary/aromatic N) is 1. The van der Waals surface area contributed by atoms with Gasteiger partial charge in [0.2, 0.25) is 10.0 Å². The van der Waals surface area contributed by atoms with Gasteiger partial charge in [-0.3, -0.25) is 0 Å². The van der Waals surface area contributed by atoms with E-state index in [1.165, 1.54) is 11.1 Å². The van der Waals surface area contributed by atoms with E-state index in [4.69, 9.17) is 0 Å².